The SMILES string of the molecule is CC(C)(C)[C@H](NC(=S)N1CCCCC1)C(=O)N1C[C@@H]2[C@H](C1)C2(C)C. The average molecular weight is 352 g/mol. The smallest absolute Gasteiger partial charge is 0.245 e. The summed E-state index contributed by atoms with van der Waals surface area (Å²) in [6.45, 7) is 14.9. The third-order valence-corrected chi connectivity index (χ3v) is 6.83. The summed E-state index contributed by atoms with van der Waals surface area (Å²) in [5.41, 5.74) is 0.282. The molecule has 3 atom stereocenters. The summed E-state index contributed by atoms with van der Waals surface area (Å²) in [7, 11) is 0. The van der Waals surface area contributed by atoms with Crippen LogP contribution in [0.2, 0.25) is 0 Å². The molecule has 0 spiro atoms. The summed E-state index contributed by atoms with van der Waals surface area (Å²) in [6.07, 6.45) is 3.67. The Bertz CT molecular complexity index is 505. The topological polar surface area (TPSA) is 35.6 Å². The average Bonchev–Trinajstić information content (AvgIpc) is 2.90. The number of rotatable bonds is 2. The van der Waals surface area contributed by atoms with Crippen LogP contribution in [-0.2, 0) is 4.79 Å². The zero-order valence-corrected chi connectivity index (χ0v) is 16.7. The van der Waals surface area contributed by atoms with Crippen LogP contribution in [0, 0.1) is 22.7 Å². The summed E-state index contributed by atoms with van der Waals surface area (Å²) in [6, 6.07) is -0.243. The number of hydrogen-bond acceptors (Lipinski definition) is 2. The van der Waals surface area contributed by atoms with E-state index < -0.39 is 0 Å². The quantitative estimate of drug-likeness (QED) is 0.776. The van der Waals surface area contributed by atoms with Gasteiger partial charge in [0.05, 0.1) is 0 Å². The van der Waals surface area contributed by atoms with Gasteiger partial charge in [-0.05, 0) is 54.1 Å². The van der Waals surface area contributed by atoms with Crippen LogP contribution >= 0.6 is 12.2 Å². The van der Waals surface area contributed by atoms with Crippen molar-refractivity contribution in [2.45, 2.75) is 59.9 Å². The second-order valence-electron chi connectivity index (χ2n) is 9.57. The van der Waals surface area contributed by atoms with Gasteiger partial charge < -0.3 is 15.1 Å². The monoisotopic (exact) mass is 351 g/mol. The lowest BCUT2D eigenvalue weighted by molar-refractivity contribution is -0.135. The van der Waals surface area contributed by atoms with Crippen molar-refractivity contribution in [2.75, 3.05) is 26.2 Å². The molecule has 24 heavy (non-hydrogen) atoms. The first-order valence-corrected chi connectivity index (χ1v) is 9.87. The van der Waals surface area contributed by atoms with Gasteiger partial charge in [-0.1, -0.05) is 34.6 Å². The Morgan fingerprint density at radius 2 is 1.62 bits per heavy atom. The summed E-state index contributed by atoms with van der Waals surface area (Å²) in [5, 5.41) is 4.18. The van der Waals surface area contributed by atoms with Gasteiger partial charge in [0.2, 0.25) is 5.91 Å². The molecule has 5 heteroatoms. The maximum atomic E-state index is 13.2. The lowest BCUT2D eigenvalue weighted by atomic mass is 9.85. The van der Waals surface area contributed by atoms with E-state index in [0.29, 0.717) is 17.3 Å². The van der Waals surface area contributed by atoms with E-state index in [-0.39, 0.29) is 17.4 Å². The molecular weight excluding hydrogens is 318 g/mol. The van der Waals surface area contributed by atoms with Crippen LogP contribution in [0.1, 0.15) is 53.9 Å². The minimum absolute atomic E-state index is 0.154. The number of nitrogens with one attached hydrogen (secondary N) is 1. The zero-order valence-electron chi connectivity index (χ0n) is 15.9. The highest BCUT2D eigenvalue weighted by atomic mass is 32.1. The van der Waals surface area contributed by atoms with Crippen LogP contribution < -0.4 is 5.32 Å². The minimum Gasteiger partial charge on any atom is -0.350 e. The van der Waals surface area contributed by atoms with E-state index in [4.69, 9.17) is 12.2 Å². The summed E-state index contributed by atoms with van der Waals surface area (Å²) in [5.74, 6) is 1.61. The molecule has 0 aromatic carbocycles. The van der Waals surface area contributed by atoms with Gasteiger partial charge in [-0.15, -0.1) is 0 Å². The molecule has 2 heterocycles. The number of carbonyl (C=O) groups is 1. The maximum absolute atomic E-state index is 13.2. The zero-order chi connectivity index (χ0) is 17.7. The van der Waals surface area contributed by atoms with Gasteiger partial charge in [0.25, 0.3) is 0 Å². The molecule has 1 N–H and O–H groups in total. The second-order valence-corrected chi connectivity index (χ2v) is 9.96. The van der Waals surface area contributed by atoms with Gasteiger partial charge in [-0.2, -0.15) is 0 Å². The molecule has 136 valence electrons. The largest absolute Gasteiger partial charge is 0.350 e. The molecule has 2 aliphatic heterocycles. The van der Waals surface area contributed by atoms with Gasteiger partial charge >= 0.3 is 0 Å². The lowest BCUT2D eigenvalue weighted by Gasteiger charge is -2.38. The van der Waals surface area contributed by atoms with Gasteiger partial charge in [-0.3, -0.25) is 4.79 Å². The fourth-order valence-corrected chi connectivity index (χ4v) is 4.76. The number of fused-ring (bicyclic) bond motifs is 1. The van der Waals surface area contributed by atoms with Crippen molar-refractivity contribution < 1.29 is 4.79 Å². The fourth-order valence-electron chi connectivity index (χ4n) is 4.45. The molecule has 1 amide bonds. The van der Waals surface area contributed by atoms with Crippen molar-refractivity contribution in [1.82, 2.24) is 15.1 Å². The molecule has 0 radical (unpaired) electrons. The van der Waals surface area contributed by atoms with Crippen molar-refractivity contribution in [3.63, 3.8) is 0 Å². The summed E-state index contributed by atoms with van der Waals surface area (Å²) >= 11 is 5.63. The standard InChI is InChI=1S/C19H33N3OS/c1-18(2,3)15(20-17(24)21-9-7-6-8-10-21)16(23)22-11-13-14(12-22)19(13,4)5/h13-15H,6-12H2,1-5H3,(H,20,24)/t13-,14+,15-/m1/s1. The minimum atomic E-state index is -0.243. The van der Waals surface area contributed by atoms with Crippen molar-refractivity contribution in [3.05, 3.63) is 0 Å². The van der Waals surface area contributed by atoms with Crippen molar-refractivity contribution in [2.24, 2.45) is 22.7 Å². The predicted octanol–water partition coefficient (Wildman–Crippen LogP) is 2.88. The second kappa shape index (κ2) is 6.15. The van der Waals surface area contributed by atoms with Crippen LogP contribution in [0.15, 0.2) is 0 Å². The van der Waals surface area contributed by atoms with Gasteiger partial charge in [-0.25, -0.2) is 0 Å². The molecular formula is C19H33N3OS. The maximum Gasteiger partial charge on any atom is 0.245 e. The molecule has 2 saturated heterocycles. The van der Waals surface area contributed by atoms with Gasteiger partial charge in [0, 0.05) is 26.2 Å². The van der Waals surface area contributed by atoms with Gasteiger partial charge in [0.1, 0.15) is 6.04 Å². The molecule has 0 aromatic rings. The number of amides is 1. The molecule has 0 unspecified atom stereocenters. The van der Waals surface area contributed by atoms with E-state index in [0.717, 1.165) is 31.3 Å². The normalized spacial score (nSPS) is 29.9. The van der Waals surface area contributed by atoms with E-state index in [9.17, 15) is 4.79 Å². The number of hydrogen-bond donors (Lipinski definition) is 1. The highest BCUT2D eigenvalue weighted by molar-refractivity contribution is 7.80. The Morgan fingerprint density at radius 3 is 2.12 bits per heavy atom. The number of nitrogens with zero attached hydrogens (tertiary/aromatic N) is 2. The van der Waals surface area contributed by atoms with Crippen LogP contribution in [-0.4, -0.2) is 53.0 Å². The van der Waals surface area contributed by atoms with Crippen LogP contribution in [0.25, 0.3) is 0 Å². The first-order chi connectivity index (χ1) is 11.1. The third-order valence-electron chi connectivity index (χ3n) is 6.46. The molecule has 1 aliphatic carbocycles. The molecule has 3 fully saturated rings. The third kappa shape index (κ3) is 3.29. The first kappa shape index (κ1) is 18.0. The van der Waals surface area contributed by atoms with E-state index in [2.05, 4.69) is 49.7 Å². The summed E-state index contributed by atoms with van der Waals surface area (Å²) in [4.78, 5) is 17.5. The van der Waals surface area contributed by atoms with Crippen molar-refractivity contribution >= 4 is 23.2 Å². The number of likely N-dealkylation sites (tertiary alicyclic amines) is 2. The molecule has 4 nitrogen and oxygen atoms in total. The number of carbonyl (C=O) groups excluding carboxylic acids is 1. The molecule has 0 aromatic heterocycles. The van der Waals surface area contributed by atoms with E-state index >= 15 is 0 Å². The number of piperidine rings is 2. The Hall–Kier alpha value is -0.840. The molecule has 0 bridgehead atoms. The van der Waals surface area contributed by atoms with E-state index in [1.54, 1.807) is 0 Å². The Kier molecular flexibility index (Phi) is 4.61. The van der Waals surface area contributed by atoms with Gasteiger partial charge in [0.15, 0.2) is 5.11 Å². The van der Waals surface area contributed by atoms with Crippen molar-refractivity contribution in [3.8, 4) is 0 Å². The first-order valence-electron chi connectivity index (χ1n) is 9.46. The van der Waals surface area contributed by atoms with Crippen LogP contribution in [0.4, 0.5) is 0 Å². The highest BCUT2D eigenvalue weighted by Gasteiger charge is 2.63. The van der Waals surface area contributed by atoms with E-state index in [1.165, 1.54) is 19.3 Å². The Balaban J connectivity index is 1.64. The Labute approximate surface area is 152 Å². The highest BCUT2D eigenvalue weighted by Crippen LogP contribution is 2.62. The molecule has 3 aliphatic rings. The van der Waals surface area contributed by atoms with Crippen molar-refractivity contribution in [1.29, 1.82) is 0 Å². The van der Waals surface area contributed by atoms with E-state index in [1.807, 2.05) is 0 Å². The van der Waals surface area contributed by atoms with Crippen LogP contribution in [0.5, 0.6) is 0 Å². The number of thiocarbonyl (C=S) groups is 1. The lowest BCUT2D eigenvalue weighted by Crippen LogP contribution is -2.57. The van der Waals surface area contributed by atoms with Crippen LogP contribution in [0.3, 0.4) is 0 Å². The fraction of sp³-hybridized carbons (Fsp3) is 0.895. The molecule has 1 saturated carbocycles. The molecule has 3 rings (SSSR count). The summed E-state index contributed by atoms with van der Waals surface area (Å²) < 4.78 is 0. The Morgan fingerprint density at radius 1 is 1.08 bits per heavy atom. The predicted molar refractivity (Wildman–Crippen MR) is 102 cm³/mol.